The number of nitrogens with one attached hydrogen (secondary N) is 1. The maximum Gasteiger partial charge on any atom is 0.232 e. The van der Waals surface area contributed by atoms with Crippen LogP contribution in [-0.2, 0) is 13.1 Å². The molecule has 0 aliphatic carbocycles. The Bertz CT molecular complexity index is 1120. The van der Waals surface area contributed by atoms with Gasteiger partial charge in [0.2, 0.25) is 24.6 Å². The molecule has 0 radical (unpaired) electrons. The van der Waals surface area contributed by atoms with E-state index >= 15 is 0 Å². The van der Waals surface area contributed by atoms with Gasteiger partial charge in [-0.1, -0.05) is 12.1 Å². The van der Waals surface area contributed by atoms with Crippen molar-refractivity contribution in [1.29, 1.82) is 0 Å². The van der Waals surface area contributed by atoms with E-state index in [-0.39, 0.29) is 0 Å². The summed E-state index contributed by atoms with van der Waals surface area (Å²) in [5, 5.41) is 3.36. The van der Waals surface area contributed by atoms with Crippen LogP contribution in [-0.4, -0.2) is 70.9 Å². The van der Waals surface area contributed by atoms with E-state index in [0.29, 0.717) is 25.2 Å². The molecule has 5 rings (SSSR count). The van der Waals surface area contributed by atoms with Crippen molar-refractivity contribution in [3.05, 3.63) is 53.9 Å². The Morgan fingerprint density at radius 3 is 2.54 bits per heavy atom. The van der Waals surface area contributed by atoms with E-state index in [9.17, 15) is 0 Å². The Labute approximate surface area is 205 Å². The fourth-order valence-corrected chi connectivity index (χ4v) is 4.31. The van der Waals surface area contributed by atoms with Crippen LogP contribution in [0.1, 0.15) is 25.0 Å². The number of piperazine rings is 1. The number of pyridine rings is 1. The molecule has 1 aromatic carbocycles. The smallest absolute Gasteiger partial charge is 0.232 e. The van der Waals surface area contributed by atoms with Crippen molar-refractivity contribution in [3.63, 3.8) is 0 Å². The molecule has 35 heavy (non-hydrogen) atoms. The summed E-state index contributed by atoms with van der Waals surface area (Å²) in [6.45, 7) is 11.3. The second kappa shape index (κ2) is 10.7. The molecule has 1 saturated heterocycles. The fourth-order valence-electron chi connectivity index (χ4n) is 4.31. The van der Waals surface area contributed by atoms with Gasteiger partial charge in [-0.3, -0.25) is 9.88 Å². The summed E-state index contributed by atoms with van der Waals surface area (Å²) in [7, 11) is 0. The molecular weight excluding hydrogens is 444 g/mol. The lowest BCUT2D eigenvalue weighted by molar-refractivity contribution is 0.174. The Morgan fingerprint density at radius 2 is 1.77 bits per heavy atom. The average molecular weight is 477 g/mol. The fraction of sp³-hybridized carbons (Fsp3) is 0.440. The van der Waals surface area contributed by atoms with E-state index in [2.05, 4.69) is 51.0 Å². The van der Waals surface area contributed by atoms with E-state index in [4.69, 9.17) is 24.4 Å². The lowest BCUT2D eigenvalue weighted by Crippen LogP contribution is -2.46. The second-order valence-electron chi connectivity index (χ2n) is 8.60. The van der Waals surface area contributed by atoms with Crippen molar-refractivity contribution in [3.8, 4) is 11.5 Å². The number of benzene rings is 1. The number of nitrogens with zero attached hydrogens (tertiary/aromatic N) is 7. The first-order valence-electron chi connectivity index (χ1n) is 12.2. The third-order valence-corrected chi connectivity index (χ3v) is 6.33. The lowest BCUT2D eigenvalue weighted by Gasteiger charge is -2.35. The standard InChI is InChI=1S/C25H32N8O2/c1-3-32(4-2)24-28-23(27-16-20-6-5-9-26-15-20)29-25(30-24)33-12-10-31(11-13-33)17-19-7-8-21-22(14-19)35-18-34-21/h5-9,14-15H,3-4,10-13,16-18H2,1-2H3,(H,27,28,29,30). The normalized spacial score (nSPS) is 15.3. The van der Waals surface area contributed by atoms with Crippen LogP contribution in [0.4, 0.5) is 17.8 Å². The molecule has 0 unspecified atom stereocenters. The zero-order valence-electron chi connectivity index (χ0n) is 20.4. The number of hydrogen-bond donors (Lipinski definition) is 1. The molecule has 1 N–H and O–H groups in total. The first kappa shape index (κ1) is 23.1. The molecule has 10 heteroatoms. The van der Waals surface area contributed by atoms with Gasteiger partial charge in [0.1, 0.15) is 0 Å². The first-order valence-corrected chi connectivity index (χ1v) is 12.2. The minimum Gasteiger partial charge on any atom is -0.454 e. The lowest BCUT2D eigenvalue weighted by atomic mass is 10.1. The van der Waals surface area contributed by atoms with Crippen molar-refractivity contribution >= 4 is 17.8 Å². The minimum atomic E-state index is 0.304. The van der Waals surface area contributed by atoms with Gasteiger partial charge in [-0.2, -0.15) is 15.0 Å². The Morgan fingerprint density at radius 1 is 0.943 bits per heavy atom. The second-order valence-corrected chi connectivity index (χ2v) is 8.60. The Balaban J connectivity index is 1.26. The van der Waals surface area contributed by atoms with Crippen LogP contribution in [0.25, 0.3) is 0 Å². The van der Waals surface area contributed by atoms with Crippen LogP contribution >= 0.6 is 0 Å². The van der Waals surface area contributed by atoms with Crippen molar-refractivity contribution in [1.82, 2.24) is 24.8 Å². The van der Waals surface area contributed by atoms with Gasteiger partial charge in [-0.05, 0) is 43.2 Å². The number of hydrogen-bond acceptors (Lipinski definition) is 10. The molecule has 184 valence electrons. The van der Waals surface area contributed by atoms with Crippen molar-refractivity contribution in [2.24, 2.45) is 0 Å². The quantitative estimate of drug-likeness (QED) is 0.497. The Hall–Kier alpha value is -3.66. The molecule has 0 atom stereocenters. The van der Waals surface area contributed by atoms with Crippen LogP contribution in [0, 0.1) is 0 Å². The summed E-state index contributed by atoms with van der Waals surface area (Å²) in [4.78, 5) is 25.3. The van der Waals surface area contributed by atoms with E-state index < -0.39 is 0 Å². The highest BCUT2D eigenvalue weighted by atomic mass is 16.7. The zero-order chi connectivity index (χ0) is 24.0. The topological polar surface area (TPSA) is 91.8 Å². The van der Waals surface area contributed by atoms with Crippen LogP contribution in [0.2, 0.25) is 0 Å². The first-order chi connectivity index (χ1) is 17.2. The highest BCUT2D eigenvalue weighted by Crippen LogP contribution is 2.33. The maximum atomic E-state index is 5.53. The number of rotatable bonds is 9. The van der Waals surface area contributed by atoms with Gasteiger partial charge in [0.05, 0.1) is 0 Å². The van der Waals surface area contributed by atoms with Crippen molar-refractivity contribution in [2.45, 2.75) is 26.9 Å². The summed E-state index contributed by atoms with van der Waals surface area (Å²) >= 11 is 0. The molecule has 2 aliphatic heterocycles. The van der Waals surface area contributed by atoms with E-state index in [1.807, 2.05) is 24.4 Å². The molecule has 0 saturated carbocycles. The minimum absolute atomic E-state index is 0.304. The zero-order valence-corrected chi connectivity index (χ0v) is 20.4. The van der Waals surface area contributed by atoms with Gasteiger partial charge in [0.15, 0.2) is 11.5 Å². The van der Waals surface area contributed by atoms with Crippen molar-refractivity contribution < 1.29 is 9.47 Å². The average Bonchev–Trinajstić information content (AvgIpc) is 3.37. The van der Waals surface area contributed by atoms with Crippen LogP contribution in [0.3, 0.4) is 0 Å². The molecule has 10 nitrogen and oxygen atoms in total. The number of anilines is 3. The van der Waals surface area contributed by atoms with Crippen LogP contribution in [0.5, 0.6) is 11.5 Å². The molecule has 0 spiro atoms. The SMILES string of the molecule is CCN(CC)c1nc(NCc2cccnc2)nc(N2CCN(Cc3ccc4c(c3)OCO4)CC2)n1. The Kier molecular flexibility index (Phi) is 7.08. The summed E-state index contributed by atoms with van der Waals surface area (Å²) in [5.41, 5.74) is 2.31. The number of aromatic nitrogens is 4. The molecule has 2 aliphatic rings. The van der Waals surface area contributed by atoms with E-state index in [1.165, 1.54) is 5.56 Å². The monoisotopic (exact) mass is 476 g/mol. The van der Waals surface area contributed by atoms with E-state index in [1.54, 1.807) is 6.20 Å². The van der Waals surface area contributed by atoms with Crippen molar-refractivity contribution in [2.75, 3.05) is 61.2 Å². The highest BCUT2D eigenvalue weighted by molar-refractivity contribution is 5.46. The molecular formula is C25H32N8O2. The molecule has 4 heterocycles. The third-order valence-electron chi connectivity index (χ3n) is 6.33. The highest BCUT2D eigenvalue weighted by Gasteiger charge is 2.22. The van der Waals surface area contributed by atoms with Gasteiger partial charge in [0, 0.05) is 64.8 Å². The predicted molar refractivity (Wildman–Crippen MR) is 135 cm³/mol. The summed E-state index contributed by atoms with van der Waals surface area (Å²) in [6, 6.07) is 10.2. The van der Waals surface area contributed by atoms with Gasteiger partial charge in [-0.25, -0.2) is 0 Å². The number of fused-ring (bicyclic) bond motifs is 1. The maximum absolute atomic E-state index is 5.53. The molecule has 3 aromatic rings. The van der Waals surface area contributed by atoms with E-state index in [0.717, 1.165) is 68.8 Å². The van der Waals surface area contributed by atoms with Gasteiger partial charge in [0.25, 0.3) is 0 Å². The van der Waals surface area contributed by atoms with Crippen LogP contribution in [0.15, 0.2) is 42.7 Å². The molecule has 0 amide bonds. The molecule has 2 aromatic heterocycles. The van der Waals surface area contributed by atoms with Gasteiger partial charge in [-0.15, -0.1) is 0 Å². The van der Waals surface area contributed by atoms with Gasteiger partial charge < -0.3 is 24.6 Å². The summed E-state index contributed by atoms with van der Waals surface area (Å²) in [6.07, 6.45) is 3.62. The summed E-state index contributed by atoms with van der Waals surface area (Å²) < 4.78 is 11.0. The third kappa shape index (κ3) is 5.54. The molecule has 0 bridgehead atoms. The summed E-state index contributed by atoms with van der Waals surface area (Å²) in [5.74, 6) is 3.67. The van der Waals surface area contributed by atoms with Crippen LogP contribution < -0.4 is 24.6 Å². The largest absolute Gasteiger partial charge is 0.454 e. The molecule has 1 fully saturated rings. The number of ether oxygens (including phenoxy) is 2. The van der Waals surface area contributed by atoms with Gasteiger partial charge >= 0.3 is 0 Å². The predicted octanol–water partition coefficient (Wildman–Crippen LogP) is 2.78.